The number of methoxy groups -OCH3 is 1. The first-order chi connectivity index (χ1) is 14.7. The minimum atomic E-state index is -4.06. The van der Waals surface area contributed by atoms with Gasteiger partial charge in [-0.05, 0) is 13.8 Å². The summed E-state index contributed by atoms with van der Waals surface area (Å²) in [4.78, 5) is 23.9. The molecule has 0 aromatic heterocycles. The summed E-state index contributed by atoms with van der Waals surface area (Å²) in [6.45, 7) is 10.2. The molecule has 1 N–H and O–H groups in total. The molecule has 1 heterocycles. The number of nitro groups is 1. The first-order valence-electron chi connectivity index (χ1n) is 9.33. The third-order valence-corrected chi connectivity index (χ3v) is 6.76. The molecule has 2 rings (SSSR count). The Morgan fingerprint density at radius 3 is 2.29 bits per heavy atom. The summed E-state index contributed by atoms with van der Waals surface area (Å²) in [6.07, 6.45) is 2.80. The Kier molecular flexibility index (Phi) is 8.10. The van der Waals surface area contributed by atoms with E-state index in [4.69, 9.17) is 13.8 Å². The lowest BCUT2D eigenvalue weighted by molar-refractivity contribution is -0.385. The van der Waals surface area contributed by atoms with Crippen molar-refractivity contribution in [3.05, 3.63) is 87.5 Å². The van der Waals surface area contributed by atoms with Crippen LogP contribution in [0.25, 0.3) is 0 Å². The number of rotatable bonds is 10. The molecule has 0 bridgehead atoms. The topological polar surface area (TPSA) is 117 Å². The van der Waals surface area contributed by atoms with Crippen molar-refractivity contribution in [2.24, 2.45) is 0 Å². The zero-order chi connectivity index (χ0) is 23.2. The summed E-state index contributed by atoms with van der Waals surface area (Å²) in [6, 6.07) is 5.93. The van der Waals surface area contributed by atoms with Gasteiger partial charge in [0.1, 0.15) is 0 Å². The van der Waals surface area contributed by atoms with E-state index in [0.717, 1.165) is 0 Å². The van der Waals surface area contributed by atoms with Crippen LogP contribution in [-0.2, 0) is 23.1 Å². The van der Waals surface area contributed by atoms with E-state index in [1.54, 1.807) is 19.9 Å². The van der Waals surface area contributed by atoms with Crippen LogP contribution in [0.2, 0.25) is 0 Å². The van der Waals surface area contributed by atoms with Crippen LogP contribution in [0, 0.1) is 10.1 Å². The number of nitrogens with one attached hydrogen (secondary N) is 1. The molecule has 1 unspecified atom stereocenters. The van der Waals surface area contributed by atoms with Crippen molar-refractivity contribution in [2.75, 3.05) is 20.3 Å². The molecule has 0 saturated heterocycles. The summed E-state index contributed by atoms with van der Waals surface area (Å²) in [5.41, 5.74) is 0.794. The van der Waals surface area contributed by atoms with Crippen LogP contribution < -0.4 is 5.32 Å². The number of allylic oxidation sites excluding steroid dienone is 3. The molecule has 1 aromatic carbocycles. The minimum Gasteiger partial charge on any atom is -0.466 e. The van der Waals surface area contributed by atoms with Gasteiger partial charge in [-0.3, -0.25) is 14.7 Å². The number of carbonyl (C=O) groups is 1. The van der Waals surface area contributed by atoms with Gasteiger partial charge in [0, 0.05) is 23.0 Å². The molecule has 31 heavy (non-hydrogen) atoms. The van der Waals surface area contributed by atoms with Gasteiger partial charge in [0.15, 0.2) is 0 Å². The molecular weight excluding hydrogens is 423 g/mol. The predicted molar refractivity (Wildman–Crippen MR) is 116 cm³/mol. The van der Waals surface area contributed by atoms with Crippen LogP contribution in [0.15, 0.2) is 71.9 Å². The number of benzene rings is 1. The maximum Gasteiger partial charge on any atom is 0.360 e. The molecule has 0 fully saturated rings. The fraction of sp³-hybridized carbons (Fsp3) is 0.286. The second-order valence-electron chi connectivity index (χ2n) is 6.58. The lowest BCUT2D eigenvalue weighted by Gasteiger charge is -2.34. The van der Waals surface area contributed by atoms with E-state index in [1.165, 1.54) is 37.5 Å². The molecule has 0 saturated carbocycles. The highest BCUT2D eigenvalue weighted by atomic mass is 31.2. The third kappa shape index (κ3) is 5.02. The molecule has 9 nitrogen and oxygen atoms in total. The average molecular weight is 448 g/mol. The summed E-state index contributed by atoms with van der Waals surface area (Å²) in [5.74, 6) is -1.83. The average Bonchev–Trinajstić information content (AvgIpc) is 2.75. The SMILES string of the molecule is C=CCOP(=O)(OCC=C)C1=C(C)NC(C)=C(C(=O)OC)C1c1ccccc1[N+](=O)[O-]. The molecule has 0 amide bonds. The van der Waals surface area contributed by atoms with Gasteiger partial charge in [0.05, 0.1) is 42.1 Å². The summed E-state index contributed by atoms with van der Waals surface area (Å²) in [7, 11) is -2.86. The predicted octanol–water partition coefficient (Wildman–Crippen LogP) is 4.56. The van der Waals surface area contributed by atoms with Crippen molar-refractivity contribution in [3.8, 4) is 0 Å². The highest BCUT2D eigenvalue weighted by molar-refractivity contribution is 7.58. The van der Waals surface area contributed by atoms with E-state index in [-0.39, 0.29) is 35.4 Å². The van der Waals surface area contributed by atoms with E-state index < -0.39 is 24.4 Å². The smallest absolute Gasteiger partial charge is 0.360 e. The Morgan fingerprint density at radius 2 is 1.77 bits per heavy atom. The van der Waals surface area contributed by atoms with Crippen LogP contribution in [-0.4, -0.2) is 31.2 Å². The van der Waals surface area contributed by atoms with Gasteiger partial charge in [0.2, 0.25) is 0 Å². The Labute approximate surface area is 180 Å². The highest BCUT2D eigenvalue weighted by Crippen LogP contribution is 2.64. The molecule has 1 atom stereocenters. The van der Waals surface area contributed by atoms with Crippen molar-refractivity contribution >= 4 is 19.3 Å². The number of nitro benzene ring substituents is 1. The molecule has 0 spiro atoms. The lowest BCUT2D eigenvalue weighted by Crippen LogP contribution is -2.29. The standard InChI is InChI=1S/C21H25N2O7P/c1-6-12-29-31(27,30-13-7-2)20-15(4)22-14(3)18(21(24)28-5)19(20)16-10-8-9-11-17(16)23(25)26/h6-11,19,22H,1-2,12-13H2,3-5H3. The molecule has 1 aliphatic rings. The van der Waals surface area contributed by atoms with Gasteiger partial charge in [-0.25, -0.2) is 4.79 Å². The second-order valence-corrected chi connectivity index (χ2v) is 8.57. The maximum absolute atomic E-state index is 13.9. The largest absolute Gasteiger partial charge is 0.466 e. The second kappa shape index (κ2) is 10.3. The van der Waals surface area contributed by atoms with Gasteiger partial charge >= 0.3 is 13.6 Å². The van der Waals surface area contributed by atoms with Crippen molar-refractivity contribution in [1.29, 1.82) is 0 Å². The third-order valence-electron chi connectivity index (χ3n) is 4.59. The van der Waals surface area contributed by atoms with E-state index in [2.05, 4.69) is 18.5 Å². The van der Waals surface area contributed by atoms with Crippen LogP contribution >= 0.6 is 7.60 Å². The van der Waals surface area contributed by atoms with Crippen molar-refractivity contribution < 1.29 is 28.1 Å². The quantitative estimate of drug-likeness (QED) is 0.182. The number of hydrogen-bond donors (Lipinski definition) is 1. The molecule has 1 aromatic rings. The molecule has 166 valence electrons. The van der Waals surface area contributed by atoms with E-state index in [1.807, 2.05) is 0 Å². The van der Waals surface area contributed by atoms with Gasteiger partial charge in [-0.1, -0.05) is 30.4 Å². The van der Waals surface area contributed by atoms with Gasteiger partial charge < -0.3 is 19.1 Å². The van der Waals surface area contributed by atoms with E-state index in [9.17, 15) is 19.5 Å². The Bertz CT molecular complexity index is 997. The molecular formula is C21H25N2O7P. The number of carbonyl (C=O) groups excluding carboxylic acids is 1. The number of hydrogen-bond acceptors (Lipinski definition) is 8. The lowest BCUT2D eigenvalue weighted by atomic mass is 9.85. The number of para-hydroxylation sites is 1. The Morgan fingerprint density at radius 1 is 1.19 bits per heavy atom. The number of dihydropyridines is 1. The van der Waals surface area contributed by atoms with Crippen LogP contribution in [0.3, 0.4) is 0 Å². The normalized spacial score (nSPS) is 16.5. The van der Waals surface area contributed by atoms with Crippen molar-refractivity contribution in [3.63, 3.8) is 0 Å². The number of esters is 1. The highest BCUT2D eigenvalue weighted by Gasteiger charge is 2.46. The number of nitrogens with zero attached hydrogens (tertiary/aromatic N) is 1. The molecule has 1 aliphatic heterocycles. The van der Waals surface area contributed by atoms with Gasteiger partial charge in [0.25, 0.3) is 5.69 Å². The van der Waals surface area contributed by atoms with Crippen LogP contribution in [0.5, 0.6) is 0 Å². The van der Waals surface area contributed by atoms with E-state index in [0.29, 0.717) is 11.4 Å². The summed E-state index contributed by atoms with van der Waals surface area (Å²) >= 11 is 0. The van der Waals surface area contributed by atoms with Crippen LogP contribution in [0.4, 0.5) is 5.69 Å². The van der Waals surface area contributed by atoms with Crippen molar-refractivity contribution in [1.82, 2.24) is 5.32 Å². The van der Waals surface area contributed by atoms with Gasteiger partial charge in [-0.2, -0.15) is 0 Å². The fourth-order valence-electron chi connectivity index (χ4n) is 3.41. The monoisotopic (exact) mass is 448 g/mol. The minimum absolute atomic E-state index is 0.0713. The molecule has 0 radical (unpaired) electrons. The zero-order valence-corrected chi connectivity index (χ0v) is 18.5. The summed E-state index contributed by atoms with van der Waals surface area (Å²) in [5, 5.41) is 14.8. The Balaban J connectivity index is 2.86. The number of ether oxygens (including phenoxy) is 1. The zero-order valence-electron chi connectivity index (χ0n) is 17.6. The maximum atomic E-state index is 13.9. The van der Waals surface area contributed by atoms with Crippen molar-refractivity contribution in [2.45, 2.75) is 19.8 Å². The van der Waals surface area contributed by atoms with Gasteiger partial charge in [-0.15, -0.1) is 13.2 Å². The Hall–Kier alpha value is -3.00. The molecule has 10 heteroatoms. The van der Waals surface area contributed by atoms with Crippen LogP contribution in [0.1, 0.15) is 25.3 Å². The first kappa shape index (κ1) is 24.3. The fourth-order valence-corrected chi connectivity index (χ4v) is 5.41. The summed E-state index contributed by atoms with van der Waals surface area (Å²) < 4.78 is 30.0. The van der Waals surface area contributed by atoms with E-state index >= 15 is 0 Å². The molecule has 0 aliphatic carbocycles. The first-order valence-corrected chi connectivity index (χ1v) is 10.9.